The average molecular weight is 449 g/mol. The molecular weight excluding hydrogens is 429 g/mol. The second-order valence-corrected chi connectivity index (χ2v) is 8.06. The number of rotatable bonds is 5. The third kappa shape index (κ3) is 4.17. The predicted octanol–water partition coefficient (Wildman–Crippen LogP) is 5.67. The molecule has 5 aromatic rings. The Labute approximate surface area is 195 Å². The molecule has 3 aromatic carbocycles. The van der Waals surface area contributed by atoms with Crippen LogP contribution in [0.1, 0.15) is 17.0 Å². The molecule has 2 heterocycles. The number of carbonyl (C=O) groups is 1. The van der Waals surface area contributed by atoms with Crippen LogP contribution in [0.25, 0.3) is 33.6 Å². The molecule has 166 valence electrons. The van der Waals surface area contributed by atoms with Crippen LogP contribution >= 0.6 is 0 Å². The first-order chi connectivity index (χ1) is 16.5. The van der Waals surface area contributed by atoms with Crippen LogP contribution in [-0.4, -0.2) is 20.4 Å². The number of halogens is 1. The predicted molar refractivity (Wildman–Crippen MR) is 131 cm³/mol. The van der Waals surface area contributed by atoms with Gasteiger partial charge in [-0.05, 0) is 61.0 Å². The van der Waals surface area contributed by atoms with Gasteiger partial charge in [0.25, 0.3) is 0 Å². The van der Waals surface area contributed by atoms with Crippen molar-refractivity contribution in [1.82, 2.24) is 14.5 Å². The van der Waals surface area contributed by atoms with E-state index in [0.717, 1.165) is 33.1 Å². The summed E-state index contributed by atoms with van der Waals surface area (Å²) in [7, 11) is 0. The number of fused-ring (bicyclic) bond motifs is 2. The Morgan fingerprint density at radius 1 is 1.18 bits per heavy atom. The van der Waals surface area contributed by atoms with Crippen molar-refractivity contribution in [1.29, 1.82) is 5.26 Å². The first kappa shape index (κ1) is 21.2. The van der Waals surface area contributed by atoms with Gasteiger partial charge in [0.2, 0.25) is 5.91 Å². The number of aryl methyl sites for hydroxylation is 1. The number of imidazole rings is 1. The van der Waals surface area contributed by atoms with Crippen LogP contribution in [-0.2, 0) is 11.3 Å². The van der Waals surface area contributed by atoms with Crippen LogP contribution < -0.4 is 5.32 Å². The minimum absolute atomic E-state index is 0.0670. The van der Waals surface area contributed by atoms with E-state index in [9.17, 15) is 14.4 Å². The fourth-order valence-electron chi connectivity index (χ4n) is 3.97. The van der Waals surface area contributed by atoms with Crippen molar-refractivity contribution in [2.75, 3.05) is 5.32 Å². The highest BCUT2D eigenvalue weighted by atomic mass is 19.1. The summed E-state index contributed by atoms with van der Waals surface area (Å²) in [6.45, 7) is 2.07. The summed E-state index contributed by atoms with van der Waals surface area (Å²) in [5.41, 5.74) is 5.35. The molecule has 0 spiro atoms. The summed E-state index contributed by atoms with van der Waals surface area (Å²) in [5, 5.41) is 13.5. The van der Waals surface area contributed by atoms with E-state index in [2.05, 4.69) is 21.4 Å². The highest BCUT2D eigenvalue weighted by molar-refractivity contribution is 5.99. The number of hydrogen-bond donors (Lipinski definition) is 2. The molecule has 0 radical (unpaired) electrons. The molecule has 34 heavy (non-hydrogen) atoms. The number of hydrogen-bond acceptors (Lipinski definition) is 3. The minimum Gasteiger partial charge on any atom is -0.337 e. The molecule has 0 aliphatic heterocycles. The zero-order valence-electron chi connectivity index (χ0n) is 18.3. The maximum Gasteiger partial charge on any atom is 0.244 e. The lowest BCUT2D eigenvalue weighted by Crippen LogP contribution is -2.18. The molecule has 2 N–H and O–H groups in total. The highest BCUT2D eigenvalue weighted by Gasteiger charge is 2.13. The summed E-state index contributed by atoms with van der Waals surface area (Å²) < 4.78 is 15.0. The third-order valence-corrected chi connectivity index (χ3v) is 5.57. The molecule has 0 fully saturated rings. The van der Waals surface area contributed by atoms with Crippen LogP contribution in [0, 0.1) is 24.1 Å². The SMILES string of the molecule is Cc1ccc2nc(/C(C#N)=C\c3cn(CC(=O)Nc4ccc(F)cc4)c4ccccc34)[nH]c2c1. The molecule has 5 rings (SSSR count). The summed E-state index contributed by atoms with van der Waals surface area (Å²) >= 11 is 0. The fraction of sp³-hybridized carbons (Fsp3) is 0.0741. The number of carbonyl (C=O) groups excluding carboxylic acids is 1. The van der Waals surface area contributed by atoms with Gasteiger partial charge in [0.1, 0.15) is 24.3 Å². The Hall–Kier alpha value is -4.70. The molecule has 1 amide bonds. The van der Waals surface area contributed by atoms with E-state index in [4.69, 9.17) is 0 Å². The Bertz CT molecular complexity index is 1600. The van der Waals surface area contributed by atoms with Gasteiger partial charge in [-0.1, -0.05) is 24.3 Å². The quantitative estimate of drug-likeness (QED) is 0.339. The van der Waals surface area contributed by atoms with Crippen molar-refractivity contribution in [3.05, 3.63) is 95.7 Å². The maximum atomic E-state index is 13.1. The molecule has 0 saturated carbocycles. The molecule has 6 nitrogen and oxygen atoms in total. The van der Waals surface area contributed by atoms with E-state index < -0.39 is 0 Å². The van der Waals surface area contributed by atoms with Crippen molar-refractivity contribution < 1.29 is 9.18 Å². The van der Waals surface area contributed by atoms with E-state index in [0.29, 0.717) is 17.1 Å². The molecule has 0 atom stereocenters. The highest BCUT2D eigenvalue weighted by Crippen LogP contribution is 2.26. The van der Waals surface area contributed by atoms with Gasteiger partial charge in [-0.3, -0.25) is 4.79 Å². The van der Waals surface area contributed by atoms with Gasteiger partial charge >= 0.3 is 0 Å². The lowest BCUT2D eigenvalue weighted by atomic mass is 10.1. The smallest absolute Gasteiger partial charge is 0.244 e. The molecular formula is C27H20FN5O. The molecule has 0 unspecified atom stereocenters. The lowest BCUT2D eigenvalue weighted by molar-refractivity contribution is -0.116. The second-order valence-electron chi connectivity index (χ2n) is 8.06. The average Bonchev–Trinajstić information content (AvgIpc) is 3.40. The van der Waals surface area contributed by atoms with Crippen LogP contribution in [0.3, 0.4) is 0 Å². The fourth-order valence-corrected chi connectivity index (χ4v) is 3.97. The number of allylic oxidation sites excluding steroid dienone is 1. The lowest BCUT2D eigenvalue weighted by Gasteiger charge is -2.07. The summed E-state index contributed by atoms with van der Waals surface area (Å²) in [5.74, 6) is -0.108. The summed E-state index contributed by atoms with van der Waals surface area (Å²) in [4.78, 5) is 20.4. The number of benzene rings is 3. The van der Waals surface area contributed by atoms with Crippen molar-refractivity contribution in [2.45, 2.75) is 13.5 Å². The van der Waals surface area contributed by atoms with E-state index in [1.165, 1.54) is 24.3 Å². The van der Waals surface area contributed by atoms with Gasteiger partial charge in [0, 0.05) is 28.4 Å². The summed E-state index contributed by atoms with van der Waals surface area (Å²) in [6, 6.07) is 21.5. The van der Waals surface area contributed by atoms with Crippen molar-refractivity contribution in [3.63, 3.8) is 0 Å². The van der Waals surface area contributed by atoms with E-state index in [-0.39, 0.29) is 18.3 Å². The normalized spacial score (nSPS) is 11.6. The number of nitrogens with zero attached hydrogens (tertiary/aromatic N) is 3. The Balaban J connectivity index is 1.48. The number of amides is 1. The van der Waals surface area contributed by atoms with Gasteiger partial charge in [-0.25, -0.2) is 9.37 Å². The Morgan fingerprint density at radius 3 is 2.76 bits per heavy atom. The number of para-hydroxylation sites is 1. The Morgan fingerprint density at radius 2 is 1.97 bits per heavy atom. The van der Waals surface area contributed by atoms with Gasteiger partial charge in [0.15, 0.2) is 0 Å². The summed E-state index contributed by atoms with van der Waals surface area (Å²) in [6.07, 6.45) is 3.63. The van der Waals surface area contributed by atoms with Gasteiger partial charge in [-0.15, -0.1) is 0 Å². The maximum absolute atomic E-state index is 13.1. The van der Waals surface area contributed by atoms with E-state index in [1.54, 1.807) is 6.08 Å². The van der Waals surface area contributed by atoms with Gasteiger partial charge < -0.3 is 14.9 Å². The number of nitrogens with one attached hydrogen (secondary N) is 2. The van der Waals surface area contributed by atoms with Crippen molar-refractivity contribution in [2.24, 2.45) is 0 Å². The van der Waals surface area contributed by atoms with Crippen LogP contribution in [0.4, 0.5) is 10.1 Å². The van der Waals surface area contributed by atoms with E-state index >= 15 is 0 Å². The van der Waals surface area contributed by atoms with Crippen LogP contribution in [0.15, 0.2) is 72.9 Å². The van der Waals surface area contributed by atoms with Crippen LogP contribution in [0.5, 0.6) is 0 Å². The molecule has 0 aliphatic rings. The third-order valence-electron chi connectivity index (χ3n) is 5.57. The zero-order chi connectivity index (χ0) is 23.7. The van der Waals surface area contributed by atoms with Crippen LogP contribution in [0.2, 0.25) is 0 Å². The van der Waals surface area contributed by atoms with E-state index in [1.807, 2.05) is 60.2 Å². The first-order valence-electron chi connectivity index (χ1n) is 10.7. The molecule has 0 bridgehead atoms. The largest absolute Gasteiger partial charge is 0.337 e. The number of aromatic amines is 1. The topological polar surface area (TPSA) is 86.5 Å². The van der Waals surface area contributed by atoms with Crippen molar-refractivity contribution >= 4 is 45.2 Å². The van der Waals surface area contributed by atoms with Gasteiger partial charge in [-0.2, -0.15) is 5.26 Å². The minimum atomic E-state index is -0.362. The first-order valence-corrected chi connectivity index (χ1v) is 10.7. The van der Waals surface area contributed by atoms with Crippen molar-refractivity contribution in [3.8, 4) is 6.07 Å². The standard InChI is InChI=1S/C27H20FN5O/c1-17-6-11-23-24(12-17)32-27(31-23)18(14-29)13-19-15-33(25-5-3-2-4-22(19)25)16-26(34)30-21-9-7-20(28)8-10-21/h2-13,15H,16H2,1H3,(H,30,34)(H,31,32)/b18-13-. The molecule has 7 heteroatoms. The number of aromatic nitrogens is 3. The molecule has 0 aliphatic carbocycles. The Kier molecular flexibility index (Phi) is 5.40. The molecule has 0 saturated heterocycles. The zero-order valence-corrected chi connectivity index (χ0v) is 18.3. The molecule has 2 aromatic heterocycles. The number of nitriles is 1. The second kappa shape index (κ2) is 8.68. The number of H-pyrrole nitrogens is 1. The monoisotopic (exact) mass is 449 g/mol. The number of anilines is 1. The van der Waals surface area contributed by atoms with Gasteiger partial charge in [0.05, 0.1) is 16.6 Å².